The van der Waals surface area contributed by atoms with Crippen molar-refractivity contribution in [1.82, 2.24) is 0 Å². The molecule has 0 unspecified atom stereocenters. The number of aliphatic hydroxyl groups excluding tert-OH is 3. The summed E-state index contributed by atoms with van der Waals surface area (Å²) in [5.41, 5.74) is -9.40. The summed E-state index contributed by atoms with van der Waals surface area (Å²) in [6.07, 6.45) is -9.69. The van der Waals surface area contributed by atoms with Crippen LogP contribution in [0.2, 0.25) is 0 Å². The molecule has 0 aromatic heterocycles. The molecule has 4 saturated heterocycles. The van der Waals surface area contributed by atoms with Gasteiger partial charge in [0, 0.05) is 5.92 Å². The monoisotopic (exact) mass is 440 g/mol. The first-order chi connectivity index (χ1) is 14.3. The largest absolute Gasteiger partial charge is 0.456 e. The molecule has 4 aliphatic heterocycles. The van der Waals surface area contributed by atoms with E-state index in [4.69, 9.17) is 18.9 Å². The Kier molecular flexibility index (Phi) is 3.15. The van der Waals surface area contributed by atoms with E-state index in [2.05, 4.69) is 0 Å². The second-order valence-corrected chi connectivity index (χ2v) is 10.8. The molecular formula is C20H24O11. The fourth-order valence-corrected chi connectivity index (χ4v) is 8.27. The number of hydrogen-bond acceptors (Lipinski definition) is 11. The van der Waals surface area contributed by atoms with Gasteiger partial charge in [-0.1, -0.05) is 20.8 Å². The van der Waals surface area contributed by atoms with Crippen molar-refractivity contribution in [1.29, 1.82) is 0 Å². The predicted octanol–water partition coefficient (Wildman–Crippen LogP) is -2.40. The van der Waals surface area contributed by atoms with Crippen molar-refractivity contribution in [3.8, 4) is 0 Å². The van der Waals surface area contributed by atoms with Gasteiger partial charge in [-0.05, 0) is 12.3 Å². The second kappa shape index (κ2) is 4.91. The molecule has 0 aromatic carbocycles. The maximum Gasteiger partial charge on any atom is 0.343 e. The topological polar surface area (TPSA) is 169 Å². The highest BCUT2D eigenvalue weighted by atomic mass is 16.8. The number of ether oxygens (including phenoxy) is 4. The standard InChI is InChI=1S/C20H24O11/c1-5-12(24)28-11-8(22)18-10-6(21)7(16(2,3)4)17(18)9(23)13(25)30-15(17)31-20(18,14(26)29-10)19(5,11)27/h5-11,15,21-23,27H,1-4H3/t5-,6+,7+,8+,9+,10-,11+,15-,17-,18-,19-,20-/m0/s1. The molecule has 6 fully saturated rings. The first kappa shape index (κ1) is 19.9. The minimum atomic E-state index is -2.40. The third kappa shape index (κ3) is 1.43. The fourth-order valence-electron chi connectivity index (χ4n) is 8.27. The molecule has 6 aliphatic rings. The van der Waals surface area contributed by atoms with Crippen molar-refractivity contribution in [2.24, 2.45) is 28.1 Å². The summed E-state index contributed by atoms with van der Waals surface area (Å²) in [5.74, 6) is -5.22. The number of aliphatic hydroxyl groups is 4. The Morgan fingerprint density at radius 2 is 1.58 bits per heavy atom. The van der Waals surface area contributed by atoms with E-state index in [1.807, 2.05) is 0 Å². The predicted molar refractivity (Wildman–Crippen MR) is 93.4 cm³/mol. The van der Waals surface area contributed by atoms with Gasteiger partial charge in [-0.25, -0.2) is 9.59 Å². The maximum atomic E-state index is 13.4. The fraction of sp³-hybridized carbons (Fsp3) is 0.850. The van der Waals surface area contributed by atoms with Gasteiger partial charge < -0.3 is 39.4 Å². The van der Waals surface area contributed by atoms with Crippen LogP contribution in [0.4, 0.5) is 0 Å². The van der Waals surface area contributed by atoms with Gasteiger partial charge in [0.1, 0.15) is 12.2 Å². The van der Waals surface area contributed by atoms with Crippen LogP contribution in [0.5, 0.6) is 0 Å². The highest BCUT2D eigenvalue weighted by Gasteiger charge is 3.05. The Bertz CT molecular complexity index is 957. The van der Waals surface area contributed by atoms with Crippen molar-refractivity contribution >= 4 is 17.9 Å². The van der Waals surface area contributed by atoms with Gasteiger partial charge in [-0.3, -0.25) is 4.79 Å². The smallest absolute Gasteiger partial charge is 0.343 e. The molecule has 12 atom stereocenters. The van der Waals surface area contributed by atoms with Crippen molar-refractivity contribution in [3.63, 3.8) is 0 Å². The zero-order chi connectivity index (χ0) is 22.7. The van der Waals surface area contributed by atoms with E-state index in [0.29, 0.717) is 0 Å². The van der Waals surface area contributed by atoms with Crippen LogP contribution in [0.3, 0.4) is 0 Å². The number of carbonyl (C=O) groups is 3. The number of rotatable bonds is 0. The lowest BCUT2D eigenvalue weighted by atomic mass is 9.51. The molecule has 11 nitrogen and oxygen atoms in total. The van der Waals surface area contributed by atoms with Crippen LogP contribution < -0.4 is 0 Å². The highest BCUT2D eigenvalue weighted by Crippen LogP contribution is 2.84. The maximum absolute atomic E-state index is 13.4. The summed E-state index contributed by atoms with van der Waals surface area (Å²) in [6.45, 7) is 6.63. The van der Waals surface area contributed by atoms with Gasteiger partial charge in [0.25, 0.3) is 0 Å². The summed E-state index contributed by atoms with van der Waals surface area (Å²) in [6, 6.07) is 0. The molecule has 4 N–H and O–H groups in total. The van der Waals surface area contributed by atoms with Crippen LogP contribution in [0.25, 0.3) is 0 Å². The SMILES string of the molecule is C[C@H]1C(=O)O[C@@H]2[C@@H](O)[C@@]34[C@H]5OC(=O)[C@@]3(O[C@@H]3OC(=O)[C@@H](O)[C@@]34[C@@H](C(C)(C)C)[C@H]5O)[C@@]21O. The van der Waals surface area contributed by atoms with Crippen LogP contribution in [-0.4, -0.2) is 86.3 Å². The molecule has 4 heterocycles. The summed E-state index contributed by atoms with van der Waals surface area (Å²) < 4.78 is 22.2. The minimum Gasteiger partial charge on any atom is -0.456 e. The van der Waals surface area contributed by atoms with Gasteiger partial charge in [0.2, 0.25) is 11.9 Å². The van der Waals surface area contributed by atoms with E-state index in [1.54, 1.807) is 20.8 Å². The van der Waals surface area contributed by atoms with Gasteiger partial charge in [-0.2, -0.15) is 0 Å². The number of carbonyl (C=O) groups excluding carboxylic acids is 3. The zero-order valence-corrected chi connectivity index (χ0v) is 17.3. The Morgan fingerprint density at radius 3 is 2.19 bits per heavy atom. The molecular weight excluding hydrogens is 416 g/mol. The van der Waals surface area contributed by atoms with Crippen molar-refractivity contribution in [2.45, 2.75) is 75.7 Å². The zero-order valence-electron chi connectivity index (χ0n) is 17.3. The summed E-state index contributed by atoms with van der Waals surface area (Å²) in [7, 11) is 0. The van der Waals surface area contributed by atoms with E-state index in [9.17, 15) is 34.8 Å². The van der Waals surface area contributed by atoms with Crippen molar-refractivity contribution in [2.75, 3.05) is 0 Å². The minimum absolute atomic E-state index is 0.792. The average molecular weight is 440 g/mol. The molecule has 170 valence electrons. The quantitative estimate of drug-likeness (QED) is 0.234. The normalized spacial score (nSPS) is 61.0. The number of fused-ring (bicyclic) bond motifs is 1. The van der Waals surface area contributed by atoms with Gasteiger partial charge >= 0.3 is 17.9 Å². The van der Waals surface area contributed by atoms with E-state index < -0.39 is 94.0 Å². The lowest BCUT2D eigenvalue weighted by Gasteiger charge is -2.47. The molecule has 31 heavy (non-hydrogen) atoms. The van der Waals surface area contributed by atoms with Gasteiger partial charge in [0.05, 0.1) is 22.9 Å². The number of hydrogen-bond donors (Lipinski definition) is 4. The summed E-state index contributed by atoms with van der Waals surface area (Å²) in [5, 5.41) is 46.1. The lowest BCUT2D eigenvalue weighted by Crippen LogP contribution is -2.67. The lowest BCUT2D eigenvalue weighted by molar-refractivity contribution is -0.240. The van der Waals surface area contributed by atoms with E-state index in [1.165, 1.54) is 6.92 Å². The Morgan fingerprint density at radius 1 is 0.935 bits per heavy atom. The number of esters is 3. The summed E-state index contributed by atoms with van der Waals surface area (Å²) >= 11 is 0. The van der Waals surface area contributed by atoms with Crippen LogP contribution in [0, 0.1) is 28.1 Å². The van der Waals surface area contributed by atoms with Crippen LogP contribution in [0.1, 0.15) is 27.7 Å². The first-order valence-electron chi connectivity index (χ1n) is 10.3. The molecule has 0 bridgehead atoms. The molecule has 0 aromatic rings. The van der Waals surface area contributed by atoms with E-state index in [0.717, 1.165) is 0 Å². The molecule has 2 spiro atoms. The highest BCUT2D eigenvalue weighted by molar-refractivity contribution is 5.94. The molecule has 0 radical (unpaired) electrons. The molecule has 0 amide bonds. The Balaban J connectivity index is 1.75. The third-order valence-corrected chi connectivity index (χ3v) is 8.95. The molecule has 6 rings (SSSR count). The molecule has 2 aliphatic carbocycles. The third-order valence-electron chi connectivity index (χ3n) is 8.95. The summed E-state index contributed by atoms with van der Waals surface area (Å²) in [4.78, 5) is 38.3. The average Bonchev–Trinajstić information content (AvgIpc) is 3.35. The van der Waals surface area contributed by atoms with Crippen molar-refractivity contribution < 1.29 is 53.8 Å². The van der Waals surface area contributed by atoms with Crippen LogP contribution in [0.15, 0.2) is 0 Å². The van der Waals surface area contributed by atoms with Gasteiger partial charge in [-0.15, -0.1) is 0 Å². The van der Waals surface area contributed by atoms with Crippen LogP contribution >= 0.6 is 0 Å². The van der Waals surface area contributed by atoms with Crippen LogP contribution in [-0.2, 0) is 33.3 Å². The molecule has 2 saturated carbocycles. The van der Waals surface area contributed by atoms with E-state index >= 15 is 0 Å². The second-order valence-electron chi connectivity index (χ2n) is 10.8. The first-order valence-corrected chi connectivity index (χ1v) is 10.3. The Hall–Kier alpha value is -1.79. The van der Waals surface area contributed by atoms with Gasteiger partial charge in [0.15, 0.2) is 17.8 Å². The van der Waals surface area contributed by atoms with Crippen molar-refractivity contribution in [3.05, 3.63) is 0 Å². The Labute approximate surface area is 176 Å². The molecule has 11 heteroatoms. The van der Waals surface area contributed by atoms with E-state index in [-0.39, 0.29) is 0 Å².